The molecule has 0 aromatic heterocycles. The van der Waals surface area contributed by atoms with E-state index >= 15 is 0 Å². The van der Waals surface area contributed by atoms with Crippen molar-refractivity contribution in [2.24, 2.45) is 5.73 Å². The molecule has 0 saturated heterocycles. The van der Waals surface area contributed by atoms with Crippen molar-refractivity contribution in [3.05, 3.63) is 23.8 Å². The summed E-state index contributed by atoms with van der Waals surface area (Å²) in [6.07, 6.45) is 4.56. The van der Waals surface area contributed by atoms with Crippen molar-refractivity contribution in [2.45, 2.75) is 23.8 Å². The number of primary amides is 1. The molecule has 4 heteroatoms. The molecule has 2 rings (SSSR count). The van der Waals surface area contributed by atoms with Crippen molar-refractivity contribution in [1.82, 2.24) is 0 Å². The number of rotatable bonds is 4. The number of nitrogens with two attached hydrogens (primary N) is 1. The molecule has 0 atom stereocenters. The molecule has 1 amide bonds. The predicted molar refractivity (Wildman–Crippen MR) is 60.4 cm³/mol. The summed E-state index contributed by atoms with van der Waals surface area (Å²) in [5.41, 5.74) is 5.82. The normalized spacial score (nSPS) is 15.0. The Kier molecular flexibility index (Phi) is 2.86. The van der Waals surface area contributed by atoms with E-state index in [9.17, 15) is 4.79 Å². The second-order valence-corrected chi connectivity index (χ2v) is 4.39. The molecule has 0 unspecified atom stereocenters. The first-order chi connectivity index (χ1) is 7.20. The zero-order valence-corrected chi connectivity index (χ0v) is 9.34. The highest BCUT2D eigenvalue weighted by atomic mass is 32.2. The topological polar surface area (TPSA) is 52.3 Å². The number of carbonyl (C=O) groups excluding carboxylic acids is 1. The minimum absolute atomic E-state index is 0.374. The first kappa shape index (κ1) is 10.4. The van der Waals surface area contributed by atoms with E-state index in [1.807, 2.05) is 12.3 Å². The summed E-state index contributed by atoms with van der Waals surface area (Å²) >= 11 is 1.50. The number of benzene rings is 1. The summed E-state index contributed by atoms with van der Waals surface area (Å²) in [4.78, 5) is 12.0. The van der Waals surface area contributed by atoms with Crippen LogP contribution in [0.15, 0.2) is 23.1 Å². The van der Waals surface area contributed by atoms with Crippen molar-refractivity contribution in [1.29, 1.82) is 0 Å². The highest BCUT2D eigenvalue weighted by Crippen LogP contribution is 2.30. The van der Waals surface area contributed by atoms with Gasteiger partial charge in [0.2, 0.25) is 5.91 Å². The van der Waals surface area contributed by atoms with Gasteiger partial charge in [-0.05, 0) is 37.3 Å². The first-order valence-electron chi connectivity index (χ1n) is 4.85. The van der Waals surface area contributed by atoms with Crippen LogP contribution in [0.25, 0.3) is 0 Å². The molecule has 15 heavy (non-hydrogen) atoms. The summed E-state index contributed by atoms with van der Waals surface area (Å²) < 4.78 is 5.64. The van der Waals surface area contributed by atoms with E-state index in [4.69, 9.17) is 10.5 Å². The van der Waals surface area contributed by atoms with Gasteiger partial charge in [-0.3, -0.25) is 4.79 Å². The van der Waals surface area contributed by atoms with Crippen LogP contribution in [0, 0.1) is 0 Å². The Hall–Kier alpha value is -1.16. The lowest BCUT2D eigenvalue weighted by atomic mass is 10.2. The lowest BCUT2D eigenvalue weighted by Crippen LogP contribution is -2.12. The number of carbonyl (C=O) groups is 1. The third-order valence-corrected chi connectivity index (χ3v) is 3.04. The minimum Gasteiger partial charge on any atom is -0.490 e. The van der Waals surface area contributed by atoms with Crippen LogP contribution in [-0.4, -0.2) is 18.3 Å². The predicted octanol–water partition coefficient (Wildman–Crippen LogP) is 2.05. The molecule has 0 heterocycles. The van der Waals surface area contributed by atoms with E-state index in [0.717, 1.165) is 23.5 Å². The molecular formula is C11H13NO2S. The van der Waals surface area contributed by atoms with Gasteiger partial charge >= 0.3 is 0 Å². The van der Waals surface area contributed by atoms with Crippen LogP contribution >= 0.6 is 11.8 Å². The molecule has 80 valence electrons. The molecule has 1 fully saturated rings. The van der Waals surface area contributed by atoms with E-state index in [1.165, 1.54) is 11.8 Å². The van der Waals surface area contributed by atoms with Crippen molar-refractivity contribution < 1.29 is 9.53 Å². The zero-order chi connectivity index (χ0) is 10.8. The zero-order valence-electron chi connectivity index (χ0n) is 8.53. The van der Waals surface area contributed by atoms with Gasteiger partial charge in [0, 0.05) is 4.90 Å². The summed E-state index contributed by atoms with van der Waals surface area (Å²) in [5.74, 6) is 0.434. The average Bonchev–Trinajstić information content (AvgIpc) is 3.01. The van der Waals surface area contributed by atoms with Gasteiger partial charge in [-0.25, -0.2) is 0 Å². The fourth-order valence-corrected chi connectivity index (χ4v) is 1.95. The van der Waals surface area contributed by atoms with Crippen LogP contribution in [0.4, 0.5) is 0 Å². The lowest BCUT2D eigenvalue weighted by Gasteiger charge is -2.08. The monoisotopic (exact) mass is 223 g/mol. The van der Waals surface area contributed by atoms with Crippen molar-refractivity contribution in [2.75, 3.05) is 6.26 Å². The Bertz CT molecular complexity index is 388. The van der Waals surface area contributed by atoms with E-state index in [1.54, 1.807) is 12.1 Å². The average molecular weight is 223 g/mol. The number of hydrogen-bond donors (Lipinski definition) is 1. The molecule has 0 bridgehead atoms. The Morgan fingerprint density at radius 3 is 2.80 bits per heavy atom. The molecule has 1 aliphatic carbocycles. The third kappa shape index (κ3) is 2.45. The summed E-state index contributed by atoms with van der Waals surface area (Å²) in [5, 5.41) is 0. The summed E-state index contributed by atoms with van der Waals surface area (Å²) in [7, 11) is 0. The van der Waals surface area contributed by atoms with Gasteiger partial charge in [-0.1, -0.05) is 0 Å². The van der Waals surface area contributed by atoms with Gasteiger partial charge in [0.05, 0.1) is 11.7 Å². The van der Waals surface area contributed by atoms with Crippen LogP contribution in [0.1, 0.15) is 23.2 Å². The molecule has 0 spiro atoms. The number of ether oxygens (including phenoxy) is 1. The van der Waals surface area contributed by atoms with Crippen molar-refractivity contribution in [3.8, 4) is 5.75 Å². The van der Waals surface area contributed by atoms with Gasteiger partial charge in [0.1, 0.15) is 5.75 Å². The Morgan fingerprint density at radius 1 is 1.53 bits per heavy atom. The number of hydrogen-bond acceptors (Lipinski definition) is 3. The largest absolute Gasteiger partial charge is 0.490 e. The maximum atomic E-state index is 11.1. The fourth-order valence-electron chi connectivity index (χ4n) is 1.33. The SMILES string of the molecule is CSc1cc(OC2CC2)ccc1C(N)=O. The second kappa shape index (κ2) is 4.14. The standard InChI is InChI=1S/C11H13NO2S/c1-15-10-6-8(14-7-2-3-7)4-5-9(10)11(12)13/h4-7H,2-3H2,1H3,(H2,12,13). The summed E-state index contributed by atoms with van der Waals surface area (Å²) in [6.45, 7) is 0. The second-order valence-electron chi connectivity index (χ2n) is 3.54. The molecule has 0 radical (unpaired) electrons. The van der Waals surface area contributed by atoms with Gasteiger partial charge in [0.25, 0.3) is 0 Å². The van der Waals surface area contributed by atoms with Crippen molar-refractivity contribution in [3.63, 3.8) is 0 Å². The van der Waals surface area contributed by atoms with Crippen LogP contribution in [0.2, 0.25) is 0 Å². The molecule has 3 nitrogen and oxygen atoms in total. The lowest BCUT2D eigenvalue weighted by molar-refractivity contribution is 0.0997. The van der Waals surface area contributed by atoms with E-state index < -0.39 is 5.91 Å². The van der Waals surface area contributed by atoms with Crippen LogP contribution in [0.3, 0.4) is 0 Å². The molecule has 2 N–H and O–H groups in total. The molecule has 1 aromatic rings. The Labute approximate surface area is 93.0 Å². The van der Waals surface area contributed by atoms with Crippen molar-refractivity contribution >= 4 is 17.7 Å². The van der Waals surface area contributed by atoms with E-state index in [2.05, 4.69) is 0 Å². The fraction of sp³-hybridized carbons (Fsp3) is 0.364. The number of amides is 1. The van der Waals surface area contributed by atoms with Gasteiger partial charge in [-0.15, -0.1) is 11.8 Å². The Balaban J connectivity index is 2.24. The van der Waals surface area contributed by atoms with Crippen LogP contribution in [-0.2, 0) is 0 Å². The number of thioether (sulfide) groups is 1. The molecule has 1 saturated carbocycles. The summed E-state index contributed by atoms with van der Waals surface area (Å²) in [6, 6.07) is 5.41. The van der Waals surface area contributed by atoms with Crippen LogP contribution in [0.5, 0.6) is 5.75 Å². The smallest absolute Gasteiger partial charge is 0.249 e. The molecule has 1 aliphatic rings. The quantitative estimate of drug-likeness (QED) is 0.795. The maximum Gasteiger partial charge on any atom is 0.249 e. The minimum atomic E-state index is -0.391. The third-order valence-electron chi connectivity index (χ3n) is 2.27. The van der Waals surface area contributed by atoms with Crippen LogP contribution < -0.4 is 10.5 Å². The first-order valence-corrected chi connectivity index (χ1v) is 6.07. The van der Waals surface area contributed by atoms with E-state index in [-0.39, 0.29) is 0 Å². The maximum absolute atomic E-state index is 11.1. The highest BCUT2D eigenvalue weighted by Gasteiger charge is 2.23. The molecule has 1 aromatic carbocycles. The van der Waals surface area contributed by atoms with Gasteiger partial charge < -0.3 is 10.5 Å². The molecule has 0 aliphatic heterocycles. The van der Waals surface area contributed by atoms with Gasteiger partial charge in [-0.2, -0.15) is 0 Å². The van der Waals surface area contributed by atoms with E-state index in [0.29, 0.717) is 11.7 Å². The highest BCUT2D eigenvalue weighted by molar-refractivity contribution is 7.98. The molecular weight excluding hydrogens is 210 g/mol. The van der Waals surface area contributed by atoms with Gasteiger partial charge in [0.15, 0.2) is 0 Å². The Morgan fingerprint density at radius 2 is 2.27 bits per heavy atom.